The highest BCUT2D eigenvalue weighted by Crippen LogP contribution is 2.26. The second kappa shape index (κ2) is 6.58. The Morgan fingerprint density at radius 1 is 1.38 bits per heavy atom. The SMILES string of the molecule is CCN1CCOC(C(=O)CCc2ccc3c(c2)CCO3)C1. The van der Waals surface area contributed by atoms with Gasteiger partial charge in [-0.2, -0.15) is 0 Å². The molecule has 1 saturated heterocycles. The van der Waals surface area contributed by atoms with Crippen molar-refractivity contribution in [3.63, 3.8) is 0 Å². The van der Waals surface area contributed by atoms with Crippen molar-refractivity contribution in [3.05, 3.63) is 29.3 Å². The second-order valence-electron chi connectivity index (χ2n) is 5.76. The van der Waals surface area contributed by atoms with Crippen molar-refractivity contribution in [1.29, 1.82) is 0 Å². The van der Waals surface area contributed by atoms with E-state index in [1.807, 2.05) is 6.07 Å². The zero-order valence-corrected chi connectivity index (χ0v) is 12.6. The zero-order valence-electron chi connectivity index (χ0n) is 12.6. The Bertz CT molecular complexity index is 515. The molecule has 0 aliphatic carbocycles. The molecule has 0 N–H and O–H groups in total. The molecule has 114 valence electrons. The summed E-state index contributed by atoms with van der Waals surface area (Å²) >= 11 is 0. The predicted molar refractivity (Wildman–Crippen MR) is 80.8 cm³/mol. The number of rotatable bonds is 5. The number of ether oxygens (including phenoxy) is 2. The van der Waals surface area contributed by atoms with Gasteiger partial charge in [0.15, 0.2) is 5.78 Å². The quantitative estimate of drug-likeness (QED) is 0.829. The zero-order chi connectivity index (χ0) is 14.7. The van der Waals surface area contributed by atoms with Gasteiger partial charge in [0.25, 0.3) is 0 Å². The number of ketones is 1. The van der Waals surface area contributed by atoms with E-state index in [9.17, 15) is 4.79 Å². The summed E-state index contributed by atoms with van der Waals surface area (Å²) in [7, 11) is 0. The first-order valence-corrected chi connectivity index (χ1v) is 7.87. The van der Waals surface area contributed by atoms with Gasteiger partial charge in [0.2, 0.25) is 0 Å². The maximum absolute atomic E-state index is 12.3. The van der Waals surface area contributed by atoms with Crippen LogP contribution in [0.5, 0.6) is 5.75 Å². The van der Waals surface area contributed by atoms with Crippen LogP contribution in [-0.4, -0.2) is 49.6 Å². The summed E-state index contributed by atoms with van der Waals surface area (Å²) in [6.07, 6.45) is 2.09. The van der Waals surface area contributed by atoms with Gasteiger partial charge in [0, 0.05) is 25.9 Å². The Hall–Kier alpha value is -1.39. The van der Waals surface area contributed by atoms with Gasteiger partial charge < -0.3 is 9.47 Å². The lowest BCUT2D eigenvalue weighted by Gasteiger charge is -2.31. The molecular weight excluding hydrogens is 266 g/mol. The lowest BCUT2D eigenvalue weighted by molar-refractivity contribution is -0.136. The van der Waals surface area contributed by atoms with E-state index in [0.29, 0.717) is 13.0 Å². The lowest BCUT2D eigenvalue weighted by Crippen LogP contribution is -2.45. The van der Waals surface area contributed by atoms with Crippen molar-refractivity contribution < 1.29 is 14.3 Å². The van der Waals surface area contributed by atoms with Crippen molar-refractivity contribution in [2.45, 2.75) is 32.3 Å². The van der Waals surface area contributed by atoms with Gasteiger partial charge in [-0.05, 0) is 30.2 Å². The molecule has 0 aromatic heterocycles. The van der Waals surface area contributed by atoms with Gasteiger partial charge in [-0.1, -0.05) is 19.1 Å². The minimum atomic E-state index is -0.239. The van der Waals surface area contributed by atoms with E-state index in [1.165, 1.54) is 11.1 Å². The van der Waals surface area contributed by atoms with Crippen LogP contribution in [0.3, 0.4) is 0 Å². The standard InChI is InChI=1S/C17H23NO3/c1-2-18-8-10-21-17(12-18)15(19)5-3-13-4-6-16-14(11-13)7-9-20-16/h4,6,11,17H,2-3,5,7-10,12H2,1H3. The third kappa shape index (κ3) is 3.44. The number of morpholine rings is 1. The third-order valence-electron chi connectivity index (χ3n) is 4.37. The Labute approximate surface area is 126 Å². The van der Waals surface area contributed by atoms with Gasteiger partial charge in [0.1, 0.15) is 11.9 Å². The van der Waals surface area contributed by atoms with Crippen molar-refractivity contribution in [3.8, 4) is 5.75 Å². The van der Waals surface area contributed by atoms with E-state index in [-0.39, 0.29) is 11.9 Å². The molecule has 0 amide bonds. The summed E-state index contributed by atoms with van der Waals surface area (Å²) in [5, 5.41) is 0. The Balaban J connectivity index is 1.53. The summed E-state index contributed by atoms with van der Waals surface area (Å²) in [4.78, 5) is 14.6. The summed E-state index contributed by atoms with van der Waals surface area (Å²) < 4.78 is 11.1. The average molecular weight is 289 g/mol. The minimum Gasteiger partial charge on any atom is -0.493 e. The van der Waals surface area contributed by atoms with Crippen LogP contribution in [0.25, 0.3) is 0 Å². The van der Waals surface area contributed by atoms with Crippen LogP contribution in [-0.2, 0) is 22.4 Å². The number of likely N-dealkylation sites (N-methyl/N-ethyl adjacent to an activating group) is 1. The van der Waals surface area contributed by atoms with Gasteiger partial charge >= 0.3 is 0 Å². The van der Waals surface area contributed by atoms with Crippen LogP contribution in [0.1, 0.15) is 24.5 Å². The molecule has 2 heterocycles. The number of nitrogens with zero attached hydrogens (tertiary/aromatic N) is 1. The highest BCUT2D eigenvalue weighted by atomic mass is 16.5. The Morgan fingerprint density at radius 2 is 2.29 bits per heavy atom. The van der Waals surface area contributed by atoms with E-state index in [0.717, 1.165) is 44.8 Å². The molecule has 0 radical (unpaired) electrons. The van der Waals surface area contributed by atoms with E-state index in [1.54, 1.807) is 0 Å². The van der Waals surface area contributed by atoms with E-state index in [4.69, 9.17) is 9.47 Å². The first-order valence-electron chi connectivity index (χ1n) is 7.87. The molecular formula is C17H23NO3. The fourth-order valence-corrected chi connectivity index (χ4v) is 3.01. The van der Waals surface area contributed by atoms with Crippen LogP contribution in [0.2, 0.25) is 0 Å². The predicted octanol–water partition coefficient (Wildman–Crippen LogP) is 1.84. The second-order valence-corrected chi connectivity index (χ2v) is 5.76. The molecule has 0 spiro atoms. The third-order valence-corrected chi connectivity index (χ3v) is 4.37. The highest BCUT2D eigenvalue weighted by molar-refractivity contribution is 5.83. The van der Waals surface area contributed by atoms with Crippen molar-refractivity contribution in [1.82, 2.24) is 4.90 Å². The number of carbonyl (C=O) groups is 1. The molecule has 1 atom stereocenters. The molecule has 2 aliphatic heterocycles. The normalized spacial score (nSPS) is 21.9. The van der Waals surface area contributed by atoms with Gasteiger partial charge in [-0.15, -0.1) is 0 Å². The lowest BCUT2D eigenvalue weighted by atomic mass is 10.0. The van der Waals surface area contributed by atoms with Crippen molar-refractivity contribution >= 4 is 5.78 Å². The number of fused-ring (bicyclic) bond motifs is 1. The monoisotopic (exact) mass is 289 g/mol. The van der Waals surface area contributed by atoms with Crippen LogP contribution in [0.4, 0.5) is 0 Å². The van der Waals surface area contributed by atoms with Crippen LogP contribution in [0, 0.1) is 0 Å². The van der Waals surface area contributed by atoms with Gasteiger partial charge in [-0.3, -0.25) is 9.69 Å². The molecule has 21 heavy (non-hydrogen) atoms. The molecule has 0 bridgehead atoms. The largest absolute Gasteiger partial charge is 0.493 e. The molecule has 2 aliphatic rings. The first-order chi connectivity index (χ1) is 10.3. The van der Waals surface area contributed by atoms with E-state index < -0.39 is 0 Å². The molecule has 1 aromatic rings. The Kier molecular flexibility index (Phi) is 4.56. The number of Topliss-reactive ketones (excluding diaryl/α,β-unsaturated/α-hetero) is 1. The van der Waals surface area contributed by atoms with E-state index >= 15 is 0 Å². The summed E-state index contributed by atoms with van der Waals surface area (Å²) in [5.74, 6) is 1.23. The number of hydrogen-bond donors (Lipinski definition) is 0. The highest BCUT2D eigenvalue weighted by Gasteiger charge is 2.25. The van der Waals surface area contributed by atoms with Gasteiger partial charge in [-0.25, -0.2) is 0 Å². The number of carbonyl (C=O) groups excluding carboxylic acids is 1. The maximum Gasteiger partial charge on any atom is 0.163 e. The average Bonchev–Trinajstić information content (AvgIpc) is 3.00. The van der Waals surface area contributed by atoms with Crippen LogP contribution < -0.4 is 4.74 Å². The van der Waals surface area contributed by atoms with Crippen molar-refractivity contribution in [2.24, 2.45) is 0 Å². The van der Waals surface area contributed by atoms with Crippen molar-refractivity contribution in [2.75, 3.05) is 32.8 Å². The molecule has 4 heteroatoms. The summed E-state index contributed by atoms with van der Waals surface area (Å²) in [6.45, 7) is 6.23. The number of hydrogen-bond acceptors (Lipinski definition) is 4. The topological polar surface area (TPSA) is 38.8 Å². The van der Waals surface area contributed by atoms with Crippen LogP contribution >= 0.6 is 0 Å². The van der Waals surface area contributed by atoms with Gasteiger partial charge in [0.05, 0.1) is 13.2 Å². The molecule has 3 rings (SSSR count). The smallest absolute Gasteiger partial charge is 0.163 e. The molecule has 1 fully saturated rings. The fraction of sp³-hybridized carbons (Fsp3) is 0.588. The molecule has 0 saturated carbocycles. The summed E-state index contributed by atoms with van der Waals surface area (Å²) in [6, 6.07) is 6.27. The fourth-order valence-electron chi connectivity index (χ4n) is 3.01. The minimum absolute atomic E-state index is 0.227. The Morgan fingerprint density at radius 3 is 3.14 bits per heavy atom. The maximum atomic E-state index is 12.3. The molecule has 1 aromatic carbocycles. The number of aryl methyl sites for hydroxylation is 1. The molecule has 4 nitrogen and oxygen atoms in total. The first kappa shape index (κ1) is 14.5. The number of benzene rings is 1. The molecule has 1 unspecified atom stereocenters. The van der Waals surface area contributed by atoms with E-state index in [2.05, 4.69) is 24.0 Å². The summed E-state index contributed by atoms with van der Waals surface area (Å²) in [5.41, 5.74) is 2.49. The van der Waals surface area contributed by atoms with Crippen LogP contribution in [0.15, 0.2) is 18.2 Å².